The highest BCUT2D eigenvalue weighted by molar-refractivity contribution is 9.10. The number of carboxylic acid groups (broad SMARTS) is 1. The van der Waals surface area contributed by atoms with E-state index < -0.39 is 21.5 Å². The lowest BCUT2D eigenvalue weighted by Gasteiger charge is -2.25. The topological polar surface area (TPSA) is 83.5 Å². The molecule has 7 heteroatoms. The van der Waals surface area contributed by atoms with Crippen molar-refractivity contribution in [2.24, 2.45) is 0 Å². The lowest BCUT2D eigenvalue weighted by atomic mass is 10.0. The molecule has 2 rings (SSSR count). The zero-order chi connectivity index (χ0) is 15.0. The lowest BCUT2D eigenvalue weighted by molar-refractivity contribution is 0.0696. The van der Waals surface area contributed by atoms with Gasteiger partial charge in [0.2, 0.25) is 10.0 Å². The maximum atomic E-state index is 12.5. The van der Waals surface area contributed by atoms with Crippen LogP contribution in [0.1, 0.15) is 43.0 Å². The minimum Gasteiger partial charge on any atom is -0.478 e. The van der Waals surface area contributed by atoms with Crippen LogP contribution in [0, 0.1) is 0 Å². The molecule has 0 saturated heterocycles. The highest BCUT2D eigenvalue weighted by Gasteiger charge is 2.34. The van der Waals surface area contributed by atoms with Crippen molar-refractivity contribution in [3.05, 3.63) is 28.2 Å². The maximum absolute atomic E-state index is 12.5. The van der Waals surface area contributed by atoms with Gasteiger partial charge in [-0.25, -0.2) is 17.9 Å². The summed E-state index contributed by atoms with van der Waals surface area (Å²) in [5.41, 5.74) is -0.498. The molecule has 110 valence electrons. The number of halogens is 1. The van der Waals surface area contributed by atoms with Crippen LogP contribution in [0.4, 0.5) is 0 Å². The second-order valence-corrected chi connectivity index (χ2v) is 7.83. The quantitative estimate of drug-likeness (QED) is 0.863. The van der Waals surface area contributed by atoms with Gasteiger partial charge in [0, 0.05) is 10.0 Å². The first-order chi connectivity index (χ1) is 9.23. The van der Waals surface area contributed by atoms with Crippen LogP contribution in [0.25, 0.3) is 0 Å². The van der Waals surface area contributed by atoms with E-state index in [1.165, 1.54) is 18.2 Å². The monoisotopic (exact) mass is 361 g/mol. The van der Waals surface area contributed by atoms with E-state index in [2.05, 4.69) is 20.7 Å². The Hall–Kier alpha value is -0.920. The second kappa shape index (κ2) is 5.46. The molecular formula is C13H16BrNO4S. The second-order valence-electron chi connectivity index (χ2n) is 5.32. The molecule has 0 heterocycles. The van der Waals surface area contributed by atoms with Crippen LogP contribution in [0.3, 0.4) is 0 Å². The van der Waals surface area contributed by atoms with E-state index in [0.29, 0.717) is 4.47 Å². The summed E-state index contributed by atoms with van der Waals surface area (Å²) in [6.07, 6.45) is 3.58. The van der Waals surface area contributed by atoms with Gasteiger partial charge in [-0.1, -0.05) is 12.8 Å². The van der Waals surface area contributed by atoms with Crippen LogP contribution >= 0.6 is 15.9 Å². The Morgan fingerprint density at radius 3 is 2.50 bits per heavy atom. The first-order valence-electron chi connectivity index (χ1n) is 6.30. The fourth-order valence-electron chi connectivity index (χ4n) is 2.48. The van der Waals surface area contributed by atoms with Crippen LogP contribution in [0.2, 0.25) is 0 Å². The third kappa shape index (κ3) is 3.21. The molecule has 0 aromatic heterocycles. The summed E-state index contributed by atoms with van der Waals surface area (Å²) in [4.78, 5) is 10.9. The van der Waals surface area contributed by atoms with Crippen LogP contribution in [0.5, 0.6) is 0 Å². The van der Waals surface area contributed by atoms with E-state index in [4.69, 9.17) is 5.11 Å². The largest absolute Gasteiger partial charge is 0.478 e. The van der Waals surface area contributed by atoms with E-state index in [9.17, 15) is 13.2 Å². The number of rotatable bonds is 4. The molecule has 0 atom stereocenters. The Bertz CT molecular complexity index is 636. The highest BCUT2D eigenvalue weighted by atomic mass is 79.9. The Kier molecular flexibility index (Phi) is 4.22. The predicted octanol–water partition coefficient (Wildman–Crippen LogP) is 2.76. The minimum atomic E-state index is -3.75. The van der Waals surface area contributed by atoms with Gasteiger partial charge in [0.25, 0.3) is 0 Å². The number of hydrogen-bond donors (Lipinski definition) is 2. The standard InChI is InChI=1S/C13H16BrNO4S/c1-13(6-2-3-7-13)15-20(18,19)11-8-9(12(16)17)4-5-10(11)14/h4-5,8,15H,2-3,6-7H2,1H3,(H,16,17). The summed E-state index contributed by atoms with van der Waals surface area (Å²) in [5.74, 6) is -1.15. The number of nitrogens with one attached hydrogen (secondary N) is 1. The van der Waals surface area contributed by atoms with E-state index >= 15 is 0 Å². The van der Waals surface area contributed by atoms with Crippen molar-refractivity contribution in [2.45, 2.75) is 43.0 Å². The molecule has 20 heavy (non-hydrogen) atoms. The SMILES string of the molecule is CC1(NS(=O)(=O)c2cc(C(=O)O)ccc2Br)CCCC1. The molecule has 1 aliphatic carbocycles. The number of sulfonamides is 1. The summed E-state index contributed by atoms with van der Waals surface area (Å²) < 4.78 is 28.0. The normalized spacial score (nSPS) is 18.1. The van der Waals surface area contributed by atoms with Gasteiger partial charge in [-0.2, -0.15) is 0 Å². The lowest BCUT2D eigenvalue weighted by Crippen LogP contribution is -2.43. The summed E-state index contributed by atoms with van der Waals surface area (Å²) in [5, 5.41) is 8.97. The number of hydrogen-bond acceptors (Lipinski definition) is 3. The van der Waals surface area contributed by atoms with Crippen molar-refractivity contribution >= 4 is 31.9 Å². The van der Waals surface area contributed by atoms with Crippen molar-refractivity contribution in [1.82, 2.24) is 4.72 Å². The summed E-state index contributed by atoms with van der Waals surface area (Å²) in [7, 11) is -3.75. The van der Waals surface area contributed by atoms with Crippen LogP contribution < -0.4 is 4.72 Å². The van der Waals surface area contributed by atoms with Gasteiger partial charge < -0.3 is 5.11 Å². The Morgan fingerprint density at radius 2 is 1.95 bits per heavy atom. The van der Waals surface area contributed by atoms with Gasteiger partial charge in [-0.15, -0.1) is 0 Å². The van der Waals surface area contributed by atoms with Crippen molar-refractivity contribution < 1.29 is 18.3 Å². The summed E-state index contributed by atoms with van der Waals surface area (Å²) in [6.45, 7) is 1.88. The Labute approximate surface area is 126 Å². The minimum absolute atomic E-state index is 0.0366. The first-order valence-corrected chi connectivity index (χ1v) is 8.58. The molecule has 1 aromatic rings. The average molecular weight is 362 g/mol. The van der Waals surface area contributed by atoms with Crippen molar-refractivity contribution in [1.29, 1.82) is 0 Å². The third-order valence-corrected chi connectivity index (χ3v) is 6.19. The number of aromatic carboxylic acids is 1. The average Bonchev–Trinajstić information content (AvgIpc) is 2.74. The number of carbonyl (C=O) groups is 1. The molecule has 1 fully saturated rings. The zero-order valence-electron chi connectivity index (χ0n) is 11.0. The fraction of sp³-hybridized carbons (Fsp3) is 0.462. The van der Waals surface area contributed by atoms with Crippen molar-refractivity contribution in [3.63, 3.8) is 0 Å². The van der Waals surface area contributed by atoms with Crippen molar-refractivity contribution in [2.75, 3.05) is 0 Å². The van der Waals surface area contributed by atoms with Gasteiger partial charge >= 0.3 is 5.97 Å². The smallest absolute Gasteiger partial charge is 0.335 e. The molecule has 1 aromatic carbocycles. The van der Waals surface area contributed by atoms with Gasteiger partial charge in [-0.05, 0) is 53.9 Å². The zero-order valence-corrected chi connectivity index (χ0v) is 13.4. The van der Waals surface area contributed by atoms with E-state index in [1.807, 2.05) is 6.92 Å². The molecule has 0 amide bonds. The van der Waals surface area contributed by atoms with Crippen LogP contribution in [-0.4, -0.2) is 25.0 Å². The molecule has 0 bridgehead atoms. The van der Waals surface area contributed by atoms with Gasteiger partial charge in [0.15, 0.2) is 0 Å². The predicted molar refractivity (Wildman–Crippen MR) is 78.3 cm³/mol. The molecule has 0 unspecified atom stereocenters. The fourth-order valence-corrected chi connectivity index (χ4v) is 4.93. The van der Waals surface area contributed by atoms with Crippen LogP contribution in [-0.2, 0) is 10.0 Å². The summed E-state index contributed by atoms with van der Waals surface area (Å²) >= 11 is 3.17. The van der Waals surface area contributed by atoms with Crippen LogP contribution in [0.15, 0.2) is 27.6 Å². The molecule has 1 saturated carbocycles. The molecule has 0 radical (unpaired) electrons. The highest BCUT2D eigenvalue weighted by Crippen LogP contribution is 2.32. The Morgan fingerprint density at radius 1 is 1.35 bits per heavy atom. The molecule has 0 spiro atoms. The number of benzene rings is 1. The molecule has 1 aliphatic rings. The van der Waals surface area contributed by atoms with E-state index in [-0.39, 0.29) is 10.5 Å². The Balaban J connectivity index is 2.38. The van der Waals surface area contributed by atoms with Crippen molar-refractivity contribution in [3.8, 4) is 0 Å². The molecule has 5 nitrogen and oxygen atoms in total. The van der Waals surface area contributed by atoms with E-state index in [0.717, 1.165) is 25.7 Å². The first kappa shape index (κ1) is 15.5. The van der Waals surface area contributed by atoms with Gasteiger partial charge in [0.05, 0.1) is 10.5 Å². The summed E-state index contributed by atoms with van der Waals surface area (Å²) in [6, 6.07) is 3.98. The number of carboxylic acids is 1. The van der Waals surface area contributed by atoms with Gasteiger partial charge in [-0.3, -0.25) is 0 Å². The third-order valence-electron chi connectivity index (χ3n) is 3.56. The van der Waals surface area contributed by atoms with E-state index in [1.54, 1.807) is 0 Å². The van der Waals surface area contributed by atoms with Gasteiger partial charge in [0.1, 0.15) is 0 Å². The molecule has 0 aliphatic heterocycles. The maximum Gasteiger partial charge on any atom is 0.335 e. The molecular weight excluding hydrogens is 346 g/mol. The molecule has 2 N–H and O–H groups in total.